The van der Waals surface area contributed by atoms with E-state index in [0.717, 1.165) is 6.42 Å². The Kier molecular flexibility index (Phi) is 7.37. The summed E-state index contributed by atoms with van der Waals surface area (Å²) in [5.74, 6) is -0.521. The van der Waals surface area contributed by atoms with Crippen LogP contribution in [0.1, 0.15) is 31.9 Å². The second kappa shape index (κ2) is 10.2. The quantitative estimate of drug-likeness (QED) is 0.538. The molecule has 1 heterocycles. The molecule has 0 fully saturated rings. The number of nitrogens with zero attached hydrogens (tertiary/aromatic N) is 1. The van der Waals surface area contributed by atoms with Gasteiger partial charge in [0.1, 0.15) is 0 Å². The molecule has 1 aliphatic heterocycles. The lowest BCUT2D eigenvalue weighted by Gasteiger charge is -2.35. The summed E-state index contributed by atoms with van der Waals surface area (Å²) in [5.41, 5.74) is 2.62. The standard InChI is InChI=1S/C23H25ClN4O4/c1-4-12-28-14(2)19(21(29)32-3)20(27-23(28)31)15-6-5-7-18(13-15)26-22(30)25-17-10-8-16(24)9-11-17/h5-11,13,20H,4,12H2,1-3H3,(H,27,31)(H2,25,26,30). The Hall–Kier alpha value is -3.52. The van der Waals surface area contributed by atoms with Crippen molar-refractivity contribution in [1.82, 2.24) is 10.2 Å². The zero-order valence-corrected chi connectivity index (χ0v) is 18.8. The predicted octanol–water partition coefficient (Wildman–Crippen LogP) is 4.91. The third-order valence-corrected chi connectivity index (χ3v) is 5.28. The Labute approximate surface area is 191 Å². The van der Waals surface area contributed by atoms with Gasteiger partial charge in [-0.25, -0.2) is 14.4 Å². The minimum Gasteiger partial charge on any atom is -0.466 e. The number of allylic oxidation sites excluding steroid dienone is 1. The largest absolute Gasteiger partial charge is 0.466 e. The Morgan fingerprint density at radius 2 is 1.81 bits per heavy atom. The fourth-order valence-electron chi connectivity index (χ4n) is 3.52. The van der Waals surface area contributed by atoms with Crippen molar-refractivity contribution >= 4 is 41.0 Å². The van der Waals surface area contributed by atoms with Crippen LogP contribution in [0.2, 0.25) is 5.02 Å². The van der Waals surface area contributed by atoms with Crippen molar-refractivity contribution in [3.8, 4) is 0 Å². The van der Waals surface area contributed by atoms with Crippen molar-refractivity contribution in [2.45, 2.75) is 26.3 Å². The van der Waals surface area contributed by atoms with Crippen LogP contribution >= 0.6 is 11.6 Å². The summed E-state index contributed by atoms with van der Waals surface area (Å²) in [4.78, 5) is 39.1. The van der Waals surface area contributed by atoms with Crippen LogP contribution < -0.4 is 16.0 Å². The Morgan fingerprint density at radius 1 is 1.12 bits per heavy atom. The van der Waals surface area contributed by atoms with E-state index in [-0.39, 0.29) is 6.03 Å². The monoisotopic (exact) mass is 456 g/mol. The lowest BCUT2D eigenvalue weighted by molar-refractivity contribution is -0.136. The number of hydrogen-bond acceptors (Lipinski definition) is 4. The lowest BCUT2D eigenvalue weighted by atomic mass is 9.94. The molecular weight excluding hydrogens is 432 g/mol. The minimum atomic E-state index is -0.705. The lowest BCUT2D eigenvalue weighted by Crippen LogP contribution is -2.48. The first-order chi connectivity index (χ1) is 15.3. The molecule has 32 heavy (non-hydrogen) atoms. The molecule has 0 saturated heterocycles. The van der Waals surface area contributed by atoms with E-state index in [0.29, 0.717) is 39.8 Å². The number of urea groups is 2. The molecule has 3 rings (SSSR count). The number of hydrogen-bond donors (Lipinski definition) is 3. The smallest absolute Gasteiger partial charge is 0.337 e. The van der Waals surface area contributed by atoms with Crippen LogP contribution in [0.4, 0.5) is 21.0 Å². The van der Waals surface area contributed by atoms with Gasteiger partial charge < -0.3 is 20.7 Å². The van der Waals surface area contributed by atoms with Gasteiger partial charge in [0.15, 0.2) is 0 Å². The number of rotatable bonds is 6. The highest BCUT2D eigenvalue weighted by Crippen LogP contribution is 2.32. The van der Waals surface area contributed by atoms with E-state index in [4.69, 9.17) is 16.3 Å². The molecular formula is C23H25ClN4O4. The Bertz CT molecular complexity index is 1050. The molecule has 1 atom stereocenters. The van der Waals surface area contributed by atoms with Gasteiger partial charge in [-0.05, 0) is 55.3 Å². The van der Waals surface area contributed by atoms with E-state index in [2.05, 4.69) is 16.0 Å². The summed E-state index contributed by atoms with van der Waals surface area (Å²) in [6.07, 6.45) is 0.742. The summed E-state index contributed by atoms with van der Waals surface area (Å²) in [5, 5.41) is 8.92. The molecule has 0 saturated carbocycles. The molecule has 0 aliphatic carbocycles. The number of benzene rings is 2. The first-order valence-electron chi connectivity index (χ1n) is 10.1. The highest BCUT2D eigenvalue weighted by Gasteiger charge is 2.35. The minimum absolute atomic E-state index is 0.291. The zero-order valence-electron chi connectivity index (χ0n) is 18.1. The second-order valence-electron chi connectivity index (χ2n) is 7.24. The average Bonchev–Trinajstić information content (AvgIpc) is 2.77. The number of ether oxygens (including phenoxy) is 1. The molecule has 1 unspecified atom stereocenters. The number of anilines is 2. The van der Waals surface area contributed by atoms with E-state index in [1.165, 1.54) is 12.0 Å². The normalized spacial score (nSPS) is 15.8. The molecule has 9 heteroatoms. The van der Waals surface area contributed by atoms with Gasteiger partial charge in [-0.1, -0.05) is 30.7 Å². The van der Waals surface area contributed by atoms with E-state index in [1.54, 1.807) is 55.5 Å². The molecule has 4 amide bonds. The topological polar surface area (TPSA) is 99.8 Å². The van der Waals surface area contributed by atoms with Gasteiger partial charge in [0.05, 0.1) is 18.7 Å². The second-order valence-corrected chi connectivity index (χ2v) is 7.67. The van der Waals surface area contributed by atoms with Crippen LogP contribution in [0.25, 0.3) is 0 Å². The van der Waals surface area contributed by atoms with E-state index in [9.17, 15) is 14.4 Å². The third kappa shape index (κ3) is 5.20. The highest BCUT2D eigenvalue weighted by molar-refractivity contribution is 6.30. The van der Waals surface area contributed by atoms with Crippen LogP contribution in [0, 0.1) is 0 Å². The molecule has 3 N–H and O–H groups in total. The Balaban J connectivity index is 1.85. The van der Waals surface area contributed by atoms with Crippen LogP contribution in [-0.2, 0) is 9.53 Å². The number of carbonyl (C=O) groups excluding carboxylic acids is 3. The van der Waals surface area contributed by atoms with Crippen molar-refractivity contribution in [3.05, 3.63) is 70.4 Å². The fraction of sp³-hybridized carbons (Fsp3) is 0.261. The van der Waals surface area contributed by atoms with Gasteiger partial charge in [0.25, 0.3) is 0 Å². The van der Waals surface area contributed by atoms with Crippen molar-refractivity contribution < 1.29 is 19.1 Å². The van der Waals surface area contributed by atoms with Gasteiger partial charge in [-0.2, -0.15) is 0 Å². The molecule has 0 radical (unpaired) electrons. The first-order valence-corrected chi connectivity index (χ1v) is 10.5. The maximum absolute atomic E-state index is 12.7. The number of methoxy groups -OCH3 is 1. The molecule has 2 aromatic rings. The number of carbonyl (C=O) groups is 3. The number of esters is 1. The van der Waals surface area contributed by atoms with Crippen LogP contribution in [0.3, 0.4) is 0 Å². The molecule has 168 valence electrons. The number of halogens is 1. The van der Waals surface area contributed by atoms with Gasteiger partial charge >= 0.3 is 18.0 Å². The average molecular weight is 457 g/mol. The van der Waals surface area contributed by atoms with Crippen molar-refractivity contribution in [2.75, 3.05) is 24.3 Å². The summed E-state index contributed by atoms with van der Waals surface area (Å²) in [6, 6.07) is 12.2. The summed E-state index contributed by atoms with van der Waals surface area (Å²) in [6.45, 7) is 4.17. The van der Waals surface area contributed by atoms with Crippen LogP contribution in [0.5, 0.6) is 0 Å². The van der Waals surface area contributed by atoms with Gasteiger partial charge in [0.2, 0.25) is 0 Å². The van der Waals surface area contributed by atoms with Crippen LogP contribution in [-0.4, -0.2) is 36.6 Å². The molecule has 0 bridgehead atoms. The maximum atomic E-state index is 12.7. The summed E-state index contributed by atoms with van der Waals surface area (Å²) in [7, 11) is 1.30. The number of amides is 4. The maximum Gasteiger partial charge on any atom is 0.337 e. The number of nitrogens with one attached hydrogen (secondary N) is 3. The third-order valence-electron chi connectivity index (χ3n) is 5.03. The van der Waals surface area contributed by atoms with Crippen molar-refractivity contribution in [1.29, 1.82) is 0 Å². The predicted molar refractivity (Wildman–Crippen MR) is 124 cm³/mol. The van der Waals surface area contributed by atoms with Gasteiger partial charge in [-0.3, -0.25) is 4.90 Å². The highest BCUT2D eigenvalue weighted by atomic mass is 35.5. The van der Waals surface area contributed by atoms with E-state index in [1.807, 2.05) is 6.92 Å². The molecule has 0 spiro atoms. The molecule has 8 nitrogen and oxygen atoms in total. The van der Waals surface area contributed by atoms with Gasteiger partial charge in [-0.15, -0.1) is 0 Å². The van der Waals surface area contributed by atoms with Crippen molar-refractivity contribution in [3.63, 3.8) is 0 Å². The van der Waals surface area contributed by atoms with E-state index < -0.39 is 18.0 Å². The molecule has 2 aromatic carbocycles. The fourth-order valence-corrected chi connectivity index (χ4v) is 3.65. The summed E-state index contributed by atoms with van der Waals surface area (Å²) < 4.78 is 4.98. The zero-order chi connectivity index (χ0) is 23.3. The summed E-state index contributed by atoms with van der Waals surface area (Å²) >= 11 is 5.86. The van der Waals surface area contributed by atoms with Crippen molar-refractivity contribution in [2.24, 2.45) is 0 Å². The molecule has 1 aliphatic rings. The van der Waals surface area contributed by atoms with E-state index >= 15 is 0 Å². The van der Waals surface area contributed by atoms with Gasteiger partial charge in [0, 0.05) is 28.6 Å². The first kappa shape index (κ1) is 23.1. The Morgan fingerprint density at radius 3 is 2.47 bits per heavy atom. The SMILES string of the molecule is CCCN1C(=O)NC(c2cccc(NC(=O)Nc3ccc(Cl)cc3)c2)C(C(=O)OC)=C1C. The molecule has 0 aromatic heterocycles. The van der Waals surface area contributed by atoms with Crippen LogP contribution in [0.15, 0.2) is 59.8 Å².